The molecule has 0 radical (unpaired) electrons. The molecule has 2 aromatic carbocycles. The van der Waals surface area contributed by atoms with Crippen LogP contribution < -0.4 is 4.84 Å². The van der Waals surface area contributed by atoms with Crippen LogP contribution in [0.15, 0.2) is 54.6 Å². The number of aryl methyl sites for hydroxylation is 2. The van der Waals surface area contributed by atoms with Gasteiger partial charge in [-0.1, -0.05) is 29.1 Å². The first-order chi connectivity index (χ1) is 13.7. The Morgan fingerprint density at radius 2 is 1.61 bits per heavy atom. The fraction of sp³-hybridized carbons (Fsp3) is 0.150. The predicted molar refractivity (Wildman–Crippen MR) is 104 cm³/mol. The average molecular weight is 371 g/mol. The van der Waals surface area contributed by atoms with Crippen molar-refractivity contribution < 1.29 is 4.84 Å². The third kappa shape index (κ3) is 2.84. The van der Waals surface area contributed by atoms with Crippen molar-refractivity contribution in [3.8, 4) is 5.88 Å². The largest absolute Gasteiger partial charge is 0.335 e. The second-order valence-corrected chi connectivity index (χ2v) is 6.52. The van der Waals surface area contributed by atoms with E-state index in [9.17, 15) is 0 Å². The van der Waals surface area contributed by atoms with Crippen LogP contribution in [0.25, 0.3) is 22.1 Å². The smallest absolute Gasteiger partial charge is 0.252 e. The Morgan fingerprint density at radius 1 is 0.857 bits per heavy atom. The zero-order valence-corrected chi connectivity index (χ0v) is 15.4. The van der Waals surface area contributed by atoms with Crippen LogP contribution in [0.3, 0.4) is 0 Å². The minimum Gasteiger partial charge on any atom is -0.335 e. The van der Waals surface area contributed by atoms with Gasteiger partial charge in [-0.25, -0.2) is 9.97 Å². The molecule has 0 aliphatic rings. The van der Waals surface area contributed by atoms with Gasteiger partial charge in [-0.15, -0.1) is 5.10 Å². The Bertz CT molecular complexity index is 1300. The third-order valence-corrected chi connectivity index (χ3v) is 4.53. The number of aromatic nitrogens is 7. The Morgan fingerprint density at radius 3 is 2.46 bits per heavy atom. The molecule has 28 heavy (non-hydrogen) atoms. The SMILES string of the molecule is Cc1nc(Cn2c(C)nc3ccccc32)cc(On2nnc3ccccc32)n1. The van der Waals surface area contributed by atoms with Crippen LogP contribution >= 0.6 is 0 Å². The maximum Gasteiger partial charge on any atom is 0.252 e. The van der Waals surface area contributed by atoms with E-state index >= 15 is 0 Å². The lowest BCUT2D eigenvalue weighted by molar-refractivity contribution is 0.175. The highest BCUT2D eigenvalue weighted by Crippen LogP contribution is 2.19. The molecule has 0 aliphatic heterocycles. The van der Waals surface area contributed by atoms with Crippen molar-refractivity contribution in [3.05, 3.63) is 71.9 Å². The highest BCUT2D eigenvalue weighted by atomic mass is 16.7. The number of hydrogen-bond donors (Lipinski definition) is 0. The summed E-state index contributed by atoms with van der Waals surface area (Å²) in [6.07, 6.45) is 0. The molecule has 3 heterocycles. The molecule has 138 valence electrons. The summed E-state index contributed by atoms with van der Waals surface area (Å²) < 4.78 is 2.13. The summed E-state index contributed by atoms with van der Waals surface area (Å²) in [5.41, 5.74) is 4.40. The molecule has 5 rings (SSSR count). The van der Waals surface area contributed by atoms with E-state index in [1.54, 1.807) is 0 Å². The van der Waals surface area contributed by atoms with E-state index in [4.69, 9.17) is 4.84 Å². The summed E-state index contributed by atoms with van der Waals surface area (Å²) in [5.74, 6) is 1.97. The highest BCUT2D eigenvalue weighted by molar-refractivity contribution is 5.76. The van der Waals surface area contributed by atoms with Crippen LogP contribution in [-0.2, 0) is 6.54 Å². The van der Waals surface area contributed by atoms with E-state index in [1.165, 1.54) is 4.85 Å². The summed E-state index contributed by atoms with van der Waals surface area (Å²) in [6.45, 7) is 4.41. The quantitative estimate of drug-likeness (QED) is 0.483. The van der Waals surface area contributed by atoms with Crippen molar-refractivity contribution in [2.75, 3.05) is 0 Å². The Balaban J connectivity index is 1.50. The normalized spacial score (nSPS) is 11.4. The highest BCUT2D eigenvalue weighted by Gasteiger charge is 2.12. The van der Waals surface area contributed by atoms with E-state index in [0.717, 1.165) is 33.6 Å². The number of rotatable bonds is 4. The van der Waals surface area contributed by atoms with Gasteiger partial charge in [0.1, 0.15) is 22.7 Å². The zero-order valence-electron chi connectivity index (χ0n) is 15.4. The molecule has 0 amide bonds. The molecule has 0 spiro atoms. The number of hydrogen-bond acceptors (Lipinski definition) is 6. The van der Waals surface area contributed by atoms with E-state index in [1.807, 2.05) is 62.4 Å². The maximum atomic E-state index is 5.86. The van der Waals surface area contributed by atoms with Crippen molar-refractivity contribution >= 4 is 22.1 Å². The van der Waals surface area contributed by atoms with Crippen LogP contribution in [0.2, 0.25) is 0 Å². The monoisotopic (exact) mass is 371 g/mol. The molecular formula is C20H17N7O. The molecule has 3 aromatic heterocycles. The number of benzene rings is 2. The lowest BCUT2D eigenvalue weighted by Gasteiger charge is -2.09. The molecule has 0 N–H and O–H groups in total. The molecular weight excluding hydrogens is 354 g/mol. The molecule has 0 atom stereocenters. The standard InChI is InChI=1S/C20H17N7O/c1-13-21-15(12-26-14(2)23-16-7-3-5-9-18(16)26)11-20(22-13)28-27-19-10-6-4-8-17(19)24-25-27/h3-11H,12H2,1-2H3. The first-order valence-corrected chi connectivity index (χ1v) is 8.92. The van der Waals surface area contributed by atoms with Gasteiger partial charge in [0, 0.05) is 6.07 Å². The van der Waals surface area contributed by atoms with Crippen LogP contribution in [0, 0.1) is 13.8 Å². The zero-order chi connectivity index (χ0) is 19.1. The Labute approximate surface area is 160 Å². The van der Waals surface area contributed by atoms with Gasteiger partial charge < -0.3 is 9.40 Å². The van der Waals surface area contributed by atoms with Crippen LogP contribution in [0.5, 0.6) is 5.88 Å². The fourth-order valence-electron chi connectivity index (χ4n) is 3.29. The van der Waals surface area contributed by atoms with Crippen molar-refractivity contribution in [3.63, 3.8) is 0 Å². The van der Waals surface area contributed by atoms with Gasteiger partial charge in [0.15, 0.2) is 0 Å². The van der Waals surface area contributed by atoms with Crippen molar-refractivity contribution in [1.29, 1.82) is 0 Å². The number of para-hydroxylation sites is 3. The van der Waals surface area contributed by atoms with E-state index in [0.29, 0.717) is 18.2 Å². The number of fused-ring (bicyclic) bond motifs is 2. The number of nitrogens with zero attached hydrogens (tertiary/aromatic N) is 7. The molecule has 0 saturated heterocycles. The van der Waals surface area contributed by atoms with Gasteiger partial charge in [0.25, 0.3) is 5.88 Å². The van der Waals surface area contributed by atoms with Gasteiger partial charge in [0.2, 0.25) is 0 Å². The second-order valence-electron chi connectivity index (χ2n) is 6.52. The molecule has 5 aromatic rings. The van der Waals surface area contributed by atoms with Gasteiger partial charge in [0.05, 0.1) is 23.3 Å². The summed E-state index contributed by atoms with van der Waals surface area (Å²) in [5, 5.41) is 8.15. The second kappa shape index (κ2) is 6.41. The fourth-order valence-corrected chi connectivity index (χ4v) is 3.29. The minimum absolute atomic E-state index is 0.417. The van der Waals surface area contributed by atoms with Crippen LogP contribution in [-0.4, -0.2) is 34.7 Å². The Hall–Kier alpha value is -3.81. The van der Waals surface area contributed by atoms with Gasteiger partial charge >= 0.3 is 0 Å². The summed E-state index contributed by atoms with van der Waals surface area (Å²) in [7, 11) is 0. The van der Waals surface area contributed by atoms with Gasteiger partial charge in [-0.3, -0.25) is 0 Å². The van der Waals surface area contributed by atoms with Crippen molar-refractivity contribution in [2.45, 2.75) is 20.4 Å². The molecule has 0 aliphatic carbocycles. The summed E-state index contributed by atoms with van der Waals surface area (Å²) in [6, 6.07) is 17.5. The Kier molecular flexibility index (Phi) is 3.75. The average Bonchev–Trinajstić information content (AvgIpc) is 3.23. The van der Waals surface area contributed by atoms with E-state index in [-0.39, 0.29) is 0 Å². The van der Waals surface area contributed by atoms with Crippen LogP contribution in [0.1, 0.15) is 17.3 Å². The van der Waals surface area contributed by atoms with E-state index in [2.05, 4.69) is 35.9 Å². The van der Waals surface area contributed by atoms with Crippen molar-refractivity contribution in [1.82, 2.24) is 34.7 Å². The lowest BCUT2D eigenvalue weighted by Crippen LogP contribution is -2.11. The molecule has 0 bridgehead atoms. The minimum atomic E-state index is 0.417. The topological polar surface area (TPSA) is 83.5 Å². The first kappa shape index (κ1) is 16.4. The van der Waals surface area contributed by atoms with Gasteiger partial charge in [-0.05, 0) is 43.3 Å². The third-order valence-electron chi connectivity index (χ3n) is 4.53. The van der Waals surface area contributed by atoms with Gasteiger partial charge in [-0.2, -0.15) is 4.98 Å². The first-order valence-electron chi connectivity index (χ1n) is 8.92. The summed E-state index contributed by atoms with van der Waals surface area (Å²) >= 11 is 0. The van der Waals surface area contributed by atoms with E-state index < -0.39 is 0 Å². The molecule has 0 unspecified atom stereocenters. The number of imidazole rings is 1. The molecule has 8 nitrogen and oxygen atoms in total. The molecule has 0 saturated carbocycles. The maximum absolute atomic E-state index is 5.86. The predicted octanol–water partition coefficient (Wildman–Crippen LogP) is 3.08. The molecule has 0 fully saturated rings. The van der Waals surface area contributed by atoms with Crippen molar-refractivity contribution in [2.24, 2.45) is 0 Å². The lowest BCUT2D eigenvalue weighted by atomic mass is 10.3. The molecule has 8 heteroatoms. The van der Waals surface area contributed by atoms with Crippen LogP contribution in [0.4, 0.5) is 0 Å². The summed E-state index contributed by atoms with van der Waals surface area (Å²) in [4.78, 5) is 20.8.